The van der Waals surface area contributed by atoms with E-state index < -0.39 is 0 Å². The Morgan fingerprint density at radius 3 is 2.69 bits per heavy atom. The largest absolute Gasteiger partial charge is 0.282 e. The molecule has 88 valence electrons. The normalized spacial score (nSPS) is 16.7. The molecule has 0 saturated heterocycles. The van der Waals surface area contributed by atoms with Crippen molar-refractivity contribution in [1.29, 1.82) is 5.26 Å². The minimum absolute atomic E-state index is 0.143. The highest BCUT2D eigenvalue weighted by atomic mass is 32.2. The Labute approximate surface area is 102 Å². The second-order valence-electron chi connectivity index (χ2n) is 4.28. The number of nitriles is 1. The summed E-state index contributed by atoms with van der Waals surface area (Å²) in [5.74, 6) is 0. The van der Waals surface area contributed by atoms with Crippen LogP contribution in [0.4, 0.5) is 0 Å². The maximum absolute atomic E-state index is 11.8. The zero-order chi connectivity index (χ0) is 11.8. The molecule has 0 aliphatic heterocycles. The number of hydrogen-bond acceptors (Lipinski definition) is 3. The van der Waals surface area contributed by atoms with Crippen LogP contribution in [-0.4, -0.2) is 10.4 Å². The molecule has 0 bridgehead atoms. The fourth-order valence-electron chi connectivity index (χ4n) is 1.90. The number of rotatable bonds is 5. The van der Waals surface area contributed by atoms with Crippen LogP contribution in [0.2, 0.25) is 0 Å². The van der Waals surface area contributed by atoms with Gasteiger partial charge < -0.3 is 0 Å². The first-order chi connectivity index (χ1) is 7.74. The minimum Gasteiger partial charge on any atom is -0.282 e. The molecule has 1 rings (SSSR count). The molecule has 0 N–H and O–H groups in total. The van der Waals surface area contributed by atoms with Crippen LogP contribution in [-0.2, 0) is 4.79 Å². The van der Waals surface area contributed by atoms with Gasteiger partial charge in [0.2, 0.25) is 5.12 Å². The van der Waals surface area contributed by atoms with Crippen molar-refractivity contribution in [3.05, 3.63) is 12.2 Å². The Morgan fingerprint density at radius 1 is 1.38 bits per heavy atom. The molecule has 1 fully saturated rings. The molecule has 0 unspecified atom stereocenters. The SMILES string of the molecule is C=C(CCCC#N)C(=O)SC1CCCCC1. The van der Waals surface area contributed by atoms with E-state index in [-0.39, 0.29) is 5.12 Å². The van der Waals surface area contributed by atoms with E-state index in [4.69, 9.17) is 5.26 Å². The molecule has 3 heteroatoms. The maximum Gasteiger partial charge on any atom is 0.215 e. The lowest BCUT2D eigenvalue weighted by atomic mass is 10.0. The maximum atomic E-state index is 11.8. The van der Waals surface area contributed by atoms with E-state index in [9.17, 15) is 4.79 Å². The molecule has 0 atom stereocenters. The summed E-state index contributed by atoms with van der Waals surface area (Å²) in [6, 6.07) is 2.08. The summed E-state index contributed by atoms with van der Waals surface area (Å²) in [6.45, 7) is 3.81. The topological polar surface area (TPSA) is 40.9 Å². The van der Waals surface area contributed by atoms with Crippen molar-refractivity contribution in [2.24, 2.45) is 0 Å². The molecule has 0 amide bonds. The smallest absolute Gasteiger partial charge is 0.215 e. The zero-order valence-electron chi connectivity index (χ0n) is 9.71. The summed E-state index contributed by atoms with van der Waals surface area (Å²) in [6.07, 6.45) is 8.11. The molecule has 16 heavy (non-hydrogen) atoms. The van der Waals surface area contributed by atoms with E-state index in [2.05, 4.69) is 12.6 Å². The average molecular weight is 237 g/mol. The van der Waals surface area contributed by atoms with Gasteiger partial charge in [0, 0.05) is 11.7 Å². The Balaban J connectivity index is 2.22. The summed E-state index contributed by atoms with van der Waals surface area (Å²) in [7, 11) is 0. The van der Waals surface area contributed by atoms with Crippen molar-refractivity contribution in [2.45, 2.75) is 56.6 Å². The molecule has 0 aromatic heterocycles. The summed E-state index contributed by atoms with van der Waals surface area (Å²) >= 11 is 1.47. The summed E-state index contributed by atoms with van der Waals surface area (Å²) in [4.78, 5) is 11.8. The lowest BCUT2D eigenvalue weighted by Gasteiger charge is -2.20. The van der Waals surface area contributed by atoms with Crippen LogP contribution in [0.25, 0.3) is 0 Å². The van der Waals surface area contributed by atoms with Crippen molar-refractivity contribution in [1.82, 2.24) is 0 Å². The van der Waals surface area contributed by atoms with Crippen molar-refractivity contribution in [3.8, 4) is 6.07 Å². The first kappa shape index (κ1) is 13.3. The van der Waals surface area contributed by atoms with Crippen LogP contribution in [0.5, 0.6) is 0 Å². The van der Waals surface area contributed by atoms with Gasteiger partial charge in [-0.3, -0.25) is 4.79 Å². The van der Waals surface area contributed by atoms with Crippen LogP contribution in [0.15, 0.2) is 12.2 Å². The second-order valence-corrected chi connectivity index (χ2v) is 5.55. The summed E-state index contributed by atoms with van der Waals surface area (Å²) in [5, 5.41) is 9.06. The number of hydrogen-bond donors (Lipinski definition) is 0. The van der Waals surface area contributed by atoms with Gasteiger partial charge in [-0.2, -0.15) is 5.26 Å². The number of carbonyl (C=O) groups is 1. The molecular weight excluding hydrogens is 218 g/mol. The van der Waals surface area contributed by atoms with Crippen molar-refractivity contribution in [2.75, 3.05) is 0 Å². The lowest BCUT2D eigenvalue weighted by molar-refractivity contribution is -0.108. The minimum atomic E-state index is 0.143. The lowest BCUT2D eigenvalue weighted by Crippen LogP contribution is -2.12. The third-order valence-corrected chi connectivity index (χ3v) is 4.19. The average Bonchev–Trinajstić information content (AvgIpc) is 2.30. The molecule has 0 radical (unpaired) electrons. The van der Waals surface area contributed by atoms with Crippen LogP contribution >= 0.6 is 11.8 Å². The van der Waals surface area contributed by atoms with Crippen LogP contribution in [0.1, 0.15) is 51.4 Å². The van der Waals surface area contributed by atoms with Gasteiger partial charge >= 0.3 is 0 Å². The first-order valence-corrected chi connectivity index (χ1v) is 6.87. The van der Waals surface area contributed by atoms with E-state index in [1.165, 1.54) is 43.9 Å². The summed E-state index contributed by atoms with van der Waals surface area (Å²) < 4.78 is 0. The van der Waals surface area contributed by atoms with E-state index in [1.54, 1.807) is 0 Å². The van der Waals surface area contributed by atoms with Crippen molar-refractivity contribution in [3.63, 3.8) is 0 Å². The standard InChI is InChI=1S/C13H19NOS/c1-11(7-5-6-10-14)13(15)16-12-8-3-2-4-9-12/h12H,1-9H2. The van der Waals surface area contributed by atoms with Crippen LogP contribution < -0.4 is 0 Å². The number of unbranched alkanes of at least 4 members (excludes halogenated alkanes) is 1. The second kappa shape index (κ2) is 7.51. The molecular formula is C13H19NOS. The molecule has 2 nitrogen and oxygen atoms in total. The molecule has 0 heterocycles. The van der Waals surface area contributed by atoms with Gasteiger partial charge in [-0.25, -0.2) is 0 Å². The highest BCUT2D eigenvalue weighted by molar-refractivity contribution is 8.14. The molecule has 0 spiro atoms. The van der Waals surface area contributed by atoms with Gasteiger partial charge in [-0.1, -0.05) is 37.6 Å². The Kier molecular flexibility index (Phi) is 6.25. The van der Waals surface area contributed by atoms with E-state index in [0.717, 1.165) is 6.42 Å². The molecule has 0 aromatic rings. The van der Waals surface area contributed by atoms with E-state index in [1.807, 2.05) is 0 Å². The first-order valence-electron chi connectivity index (χ1n) is 5.99. The van der Waals surface area contributed by atoms with E-state index in [0.29, 0.717) is 23.7 Å². The number of thioether (sulfide) groups is 1. The van der Waals surface area contributed by atoms with Crippen molar-refractivity contribution < 1.29 is 4.79 Å². The third-order valence-electron chi connectivity index (χ3n) is 2.88. The van der Waals surface area contributed by atoms with Gasteiger partial charge in [-0.15, -0.1) is 0 Å². The number of carbonyl (C=O) groups excluding carboxylic acids is 1. The third kappa shape index (κ3) is 4.85. The van der Waals surface area contributed by atoms with Gasteiger partial charge in [0.15, 0.2) is 0 Å². The fraction of sp³-hybridized carbons (Fsp3) is 0.692. The predicted octanol–water partition coefficient (Wildman–Crippen LogP) is 3.83. The zero-order valence-corrected chi connectivity index (χ0v) is 10.5. The van der Waals surface area contributed by atoms with Gasteiger partial charge in [0.1, 0.15) is 0 Å². The van der Waals surface area contributed by atoms with E-state index >= 15 is 0 Å². The molecule has 1 aliphatic carbocycles. The highest BCUT2D eigenvalue weighted by Crippen LogP contribution is 2.30. The predicted molar refractivity (Wildman–Crippen MR) is 68.1 cm³/mol. The van der Waals surface area contributed by atoms with Gasteiger partial charge in [-0.05, 0) is 31.3 Å². The molecule has 1 aliphatic rings. The monoisotopic (exact) mass is 237 g/mol. The fourth-order valence-corrected chi connectivity index (χ4v) is 3.04. The highest BCUT2D eigenvalue weighted by Gasteiger charge is 2.18. The Bertz CT molecular complexity index is 287. The Hall–Kier alpha value is -0.750. The number of nitrogens with zero attached hydrogens (tertiary/aromatic N) is 1. The van der Waals surface area contributed by atoms with Crippen LogP contribution in [0.3, 0.4) is 0 Å². The molecule has 0 aromatic carbocycles. The Morgan fingerprint density at radius 2 is 2.06 bits per heavy atom. The van der Waals surface area contributed by atoms with Gasteiger partial charge in [0.25, 0.3) is 0 Å². The molecule has 1 saturated carbocycles. The van der Waals surface area contributed by atoms with Crippen LogP contribution in [0, 0.1) is 11.3 Å². The van der Waals surface area contributed by atoms with Gasteiger partial charge in [0.05, 0.1) is 6.07 Å². The van der Waals surface area contributed by atoms with Crippen molar-refractivity contribution >= 4 is 16.9 Å². The summed E-state index contributed by atoms with van der Waals surface area (Å²) in [5.41, 5.74) is 0.686. The quantitative estimate of drug-likeness (QED) is 0.539.